The molecule has 0 bridgehead atoms. The zero-order valence-electron chi connectivity index (χ0n) is 8.10. The predicted molar refractivity (Wildman–Crippen MR) is 60.6 cm³/mol. The molecule has 0 N–H and O–H groups in total. The number of hydrogen-bond acceptors (Lipinski definition) is 4. The number of nitrogens with zero attached hydrogens (tertiary/aromatic N) is 2. The Kier molecular flexibility index (Phi) is 1.82. The summed E-state index contributed by atoms with van der Waals surface area (Å²) in [6.07, 6.45) is 1.80. The molecule has 2 aliphatic heterocycles. The molecule has 2 aliphatic rings. The van der Waals surface area contributed by atoms with Crippen LogP contribution >= 0.6 is 11.3 Å². The van der Waals surface area contributed by atoms with Crippen LogP contribution in [0.1, 0.15) is 0 Å². The second-order valence-electron chi connectivity index (χ2n) is 3.25. The highest BCUT2D eigenvalue weighted by atomic mass is 32.1. The Balaban J connectivity index is 2.39. The molecule has 1 aromatic carbocycles. The molecule has 3 nitrogen and oxygen atoms in total. The highest BCUT2D eigenvalue weighted by Crippen LogP contribution is 2.33. The van der Waals surface area contributed by atoms with Crippen molar-refractivity contribution >= 4 is 22.1 Å². The van der Waals surface area contributed by atoms with Crippen molar-refractivity contribution in [1.29, 1.82) is 0 Å². The zero-order chi connectivity index (χ0) is 10.3. The van der Waals surface area contributed by atoms with Crippen LogP contribution in [-0.4, -0.2) is 17.3 Å². The highest BCUT2D eigenvalue weighted by molar-refractivity contribution is 7.14. The minimum absolute atomic E-state index is 0.869. The number of benzene rings is 1. The third-order valence-electron chi connectivity index (χ3n) is 2.39. The first-order chi connectivity index (χ1) is 7.38. The molecule has 15 heavy (non-hydrogen) atoms. The van der Waals surface area contributed by atoms with Crippen LogP contribution in [0.25, 0.3) is 21.3 Å². The lowest BCUT2D eigenvalue weighted by atomic mass is 10.1. The van der Waals surface area contributed by atoms with E-state index in [9.17, 15) is 0 Å². The number of rotatable bonds is 1. The van der Waals surface area contributed by atoms with Gasteiger partial charge in [-0.1, -0.05) is 0 Å². The van der Waals surface area contributed by atoms with Gasteiger partial charge in [-0.3, -0.25) is 0 Å². The molecule has 0 spiro atoms. The van der Waals surface area contributed by atoms with E-state index in [0.717, 1.165) is 27.1 Å². The molecule has 0 radical (unpaired) electrons. The normalized spacial score (nSPS) is 11.0. The monoisotopic (exact) mass is 216 g/mol. The van der Waals surface area contributed by atoms with Crippen LogP contribution in [0.3, 0.4) is 0 Å². The predicted octanol–water partition coefficient (Wildman–Crippen LogP) is 2.80. The summed E-state index contributed by atoms with van der Waals surface area (Å²) in [4.78, 5) is 1.12. The maximum atomic E-state index is 5.18. The van der Waals surface area contributed by atoms with Gasteiger partial charge in [-0.05, 0) is 29.0 Å². The van der Waals surface area contributed by atoms with Crippen LogP contribution in [0.4, 0.5) is 0 Å². The average molecular weight is 216 g/mol. The lowest BCUT2D eigenvalue weighted by Crippen LogP contribution is -1.84. The number of ether oxygens (including phenoxy) is 1. The molecule has 74 valence electrons. The van der Waals surface area contributed by atoms with Gasteiger partial charge >= 0.3 is 0 Å². The van der Waals surface area contributed by atoms with Crippen molar-refractivity contribution in [3.05, 3.63) is 29.8 Å². The van der Waals surface area contributed by atoms with Crippen molar-refractivity contribution in [2.24, 2.45) is 0 Å². The lowest BCUT2D eigenvalue weighted by Gasteiger charge is -2.04. The van der Waals surface area contributed by atoms with Crippen LogP contribution in [0.2, 0.25) is 0 Å². The van der Waals surface area contributed by atoms with E-state index in [0.29, 0.717) is 0 Å². The fourth-order valence-corrected chi connectivity index (χ4v) is 2.45. The van der Waals surface area contributed by atoms with Crippen LogP contribution in [0.5, 0.6) is 5.75 Å². The maximum absolute atomic E-state index is 5.18. The summed E-state index contributed by atoms with van der Waals surface area (Å²) in [5, 5.41) is 12.4. The maximum Gasteiger partial charge on any atom is 0.119 e. The van der Waals surface area contributed by atoms with Gasteiger partial charge in [0.05, 0.1) is 18.2 Å². The van der Waals surface area contributed by atoms with Gasteiger partial charge in [-0.2, -0.15) is 5.10 Å². The Morgan fingerprint density at radius 3 is 3.13 bits per heavy atom. The van der Waals surface area contributed by atoms with E-state index in [1.54, 1.807) is 24.6 Å². The first-order valence-corrected chi connectivity index (χ1v) is 5.43. The van der Waals surface area contributed by atoms with Gasteiger partial charge in [-0.25, -0.2) is 0 Å². The summed E-state index contributed by atoms with van der Waals surface area (Å²) in [5.74, 6) is 0.869. The number of fused-ring (bicyclic) bond motifs is 3. The van der Waals surface area contributed by atoms with Crippen LogP contribution < -0.4 is 4.74 Å². The van der Waals surface area contributed by atoms with Gasteiger partial charge in [0.15, 0.2) is 0 Å². The van der Waals surface area contributed by atoms with E-state index in [4.69, 9.17) is 4.74 Å². The minimum Gasteiger partial charge on any atom is -0.497 e. The Labute approximate surface area is 90.7 Å². The topological polar surface area (TPSA) is 35.0 Å². The molecular formula is C11H8N2OS. The van der Waals surface area contributed by atoms with Crippen molar-refractivity contribution in [1.82, 2.24) is 10.2 Å². The zero-order valence-corrected chi connectivity index (χ0v) is 8.91. The Morgan fingerprint density at radius 2 is 2.27 bits per heavy atom. The Morgan fingerprint density at radius 1 is 1.33 bits per heavy atom. The van der Waals surface area contributed by atoms with Crippen LogP contribution in [0.15, 0.2) is 29.8 Å². The summed E-state index contributed by atoms with van der Waals surface area (Å²) in [7, 11) is 1.67. The van der Waals surface area contributed by atoms with Gasteiger partial charge in [-0.15, -0.1) is 16.4 Å². The Hall–Kier alpha value is -1.68. The van der Waals surface area contributed by atoms with E-state index >= 15 is 0 Å². The molecule has 0 saturated carbocycles. The van der Waals surface area contributed by atoms with Gasteiger partial charge in [0.2, 0.25) is 0 Å². The van der Waals surface area contributed by atoms with E-state index in [2.05, 4.69) is 15.6 Å². The smallest absolute Gasteiger partial charge is 0.119 e. The Bertz CT molecular complexity index is 590. The summed E-state index contributed by atoms with van der Waals surface area (Å²) in [5.41, 5.74) is 0.972. The van der Waals surface area contributed by atoms with Crippen molar-refractivity contribution in [2.45, 2.75) is 0 Å². The molecule has 0 amide bonds. The van der Waals surface area contributed by atoms with E-state index in [1.165, 1.54) is 0 Å². The van der Waals surface area contributed by atoms with Crippen molar-refractivity contribution in [2.75, 3.05) is 7.11 Å². The quantitative estimate of drug-likeness (QED) is 0.627. The number of hydrogen-bond donors (Lipinski definition) is 0. The minimum atomic E-state index is 0.869. The highest BCUT2D eigenvalue weighted by Gasteiger charge is 2.10. The molecule has 3 rings (SSSR count). The van der Waals surface area contributed by atoms with Crippen LogP contribution in [-0.2, 0) is 0 Å². The molecule has 4 heteroatoms. The fraction of sp³-hybridized carbons (Fsp3) is 0.0909. The largest absolute Gasteiger partial charge is 0.497 e. The molecule has 0 aliphatic carbocycles. The summed E-state index contributed by atoms with van der Waals surface area (Å²) < 4.78 is 5.18. The third-order valence-corrected chi connectivity index (χ3v) is 3.32. The second-order valence-corrected chi connectivity index (χ2v) is 4.16. The molecule has 2 heterocycles. The van der Waals surface area contributed by atoms with Crippen molar-refractivity contribution in [3.8, 4) is 16.3 Å². The number of methoxy groups -OCH3 is 1. The van der Waals surface area contributed by atoms with E-state index in [1.807, 2.05) is 18.2 Å². The van der Waals surface area contributed by atoms with Crippen LogP contribution in [0, 0.1) is 0 Å². The molecule has 0 saturated heterocycles. The van der Waals surface area contributed by atoms with Crippen molar-refractivity contribution in [3.63, 3.8) is 0 Å². The van der Waals surface area contributed by atoms with Gasteiger partial charge in [0.1, 0.15) is 11.4 Å². The van der Waals surface area contributed by atoms with Crippen molar-refractivity contribution < 1.29 is 4.74 Å². The summed E-state index contributed by atoms with van der Waals surface area (Å²) in [6, 6.07) is 5.99. The number of aromatic nitrogens is 2. The molecule has 0 atom stereocenters. The second kappa shape index (κ2) is 3.17. The first-order valence-electron chi connectivity index (χ1n) is 4.55. The molecule has 0 aromatic heterocycles. The lowest BCUT2D eigenvalue weighted by molar-refractivity contribution is 0.415. The molecule has 0 unspecified atom stereocenters. The van der Waals surface area contributed by atoms with Gasteiger partial charge in [0, 0.05) is 5.39 Å². The van der Waals surface area contributed by atoms with E-state index < -0.39 is 0 Å². The van der Waals surface area contributed by atoms with Gasteiger partial charge < -0.3 is 4.74 Å². The molecular weight excluding hydrogens is 208 g/mol. The van der Waals surface area contributed by atoms with E-state index in [-0.39, 0.29) is 0 Å². The third kappa shape index (κ3) is 1.26. The fourth-order valence-electron chi connectivity index (χ4n) is 1.63. The van der Waals surface area contributed by atoms with Gasteiger partial charge in [0.25, 0.3) is 0 Å². The first kappa shape index (κ1) is 8.61. The SMILES string of the molecule is COc1ccc2c3nncc-3scc2c1. The standard InChI is InChI=1S/C11H8N2OS/c1-14-8-2-3-9-7(4-8)6-15-10-5-12-13-11(9)10/h2-6H,1H3. The molecule has 1 aromatic rings. The summed E-state index contributed by atoms with van der Waals surface area (Å²) in [6.45, 7) is 0. The molecule has 0 fully saturated rings. The average Bonchev–Trinajstić information content (AvgIpc) is 2.76. The summed E-state index contributed by atoms with van der Waals surface area (Å²) >= 11 is 1.65.